The molecule has 7 aromatic carbocycles. The van der Waals surface area contributed by atoms with Gasteiger partial charge in [0, 0.05) is 38.6 Å². The molecule has 4 nitrogen and oxygen atoms in total. The first-order chi connectivity index (χ1) is 28.0. The van der Waals surface area contributed by atoms with Gasteiger partial charge in [0.05, 0.1) is 11.0 Å². The third kappa shape index (κ3) is 4.84. The third-order valence-electron chi connectivity index (χ3n) is 13.8. The number of para-hydroxylation sites is 1. The lowest BCUT2D eigenvalue weighted by atomic mass is 9.55. The summed E-state index contributed by atoms with van der Waals surface area (Å²) in [5, 5.41) is 2.51. The lowest BCUT2D eigenvalue weighted by Gasteiger charge is -2.48. The Morgan fingerprint density at radius 1 is 0.362 bits per heavy atom. The Morgan fingerprint density at radius 2 is 0.931 bits per heavy atom. The van der Waals surface area contributed by atoms with Gasteiger partial charge in [-0.25, -0.2) is 15.0 Å². The predicted octanol–water partition coefficient (Wildman–Crippen LogP) is 13.5. The molecular formula is C54H44N4. The summed E-state index contributed by atoms with van der Waals surface area (Å²) in [6.45, 7) is 14.2. The molecule has 0 bridgehead atoms. The van der Waals surface area contributed by atoms with Crippen molar-refractivity contribution in [1.29, 1.82) is 0 Å². The monoisotopic (exact) mass is 748 g/mol. The van der Waals surface area contributed by atoms with Crippen LogP contribution in [0.3, 0.4) is 0 Å². The van der Waals surface area contributed by atoms with E-state index in [-0.39, 0.29) is 16.2 Å². The van der Waals surface area contributed by atoms with Crippen molar-refractivity contribution in [3.63, 3.8) is 0 Å². The molecule has 0 amide bonds. The summed E-state index contributed by atoms with van der Waals surface area (Å²) in [6, 6.07) is 57.1. The van der Waals surface area contributed by atoms with Crippen LogP contribution < -0.4 is 0 Å². The maximum absolute atomic E-state index is 5.25. The Bertz CT molecular complexity index is 3150. The maximum atomic E-state index is 5.25. The fraction of sp³-hybridized carbons (Fsp3) is 0.167. The standard InChI is InChI=1S/C54H44N4/c1-52(2)43-24-13-10-21-37(43)39-28-27-35(30-45(39)52)51-56-49(33-17-8-7-9-18-33)55-50(57-51)34-19-16-20-36(29-34)58-47-26-15-12-23-40(47)42-31-46-41(32-48(42)58)38-22-11-14-25-44(38)53(3,4)54(46,5)6/h7-32H,1-6H3. The van der Waals surface area contributed by atoms with E-state index < -0.39 is 0 Å². The predicted molar refractivity (Wildman–Crippen MR) is 240 cm³/mol. The smallest absolute Gasteiger partial charge is 0.164 e. The second kappa shape index (κ2) is 12.2. The highest BCUT2D eigenvalue weighted by Gasteiger charge is 2.46. The van der Waals surface area contributed by atoms with Gasteiger partial charge in [0.15, 0.2) is 17.5 Å². The van der Waals surface area contributed by atoms with Gasteiger partial charge in [0.2, 0.25) is 0 Å². The van der Waals surface area contributed by atoms with Crippen LogP contribution in [0.15, 0.2) is 158 Å². The molecule has 2 heterocycles. The summed E-state index contributed by atoms with van der Waals surface area (Å²) in [5.41, 5.74) is 16.7. The Morgan fingerprint density at radius 3 is 1.69 bits per heavy atom. The number of rotatable bonds is 4. The molecule has 0 N–H and O–H groups in total. The SMILES string of the molecule is CC1(C)c2ccccc2-c2ccc(-c3nc(-c4ccccc4)nc(-c4cccc(-n5c6ccccc6c6cc7c(cc65)-c5ccccc5C(C)(C)C7(C)C)c4)n3)cc21. The van der Waals surface area contributed by atoms with Gasteiger partial charge in [0.25, 0.3) is 0 Å². The first-order valence-electron chi connectivity index (χ1n) is 20.4. The summed E-state index contributed by atoms with van der Waals surface area (Å²) in [6.07, 6.45) is 0. The third-order valence-corrected chi connectivity index (χ3v) is 13.8. The number of hydrogen-bond acceptors (Lipinski definition) is 3. The zero-order chi connectivity index (χ0) is 39.6. The first kappa shape index (κ1) is 34.6. The lowest BCUT2D eigenvalue weighted by Crippen LogP contribution is -2.43. The highest BCUT2D eigenvalue weighted by molar-refractivity contribution is 6.11. The van der Waals surface area contributed by atoms with E-state index in [9.17, 15) is 0 Å². The molecule has 0 aliphatic heterocycles. The molecule has 2 aliphatic carbocycles. The molecule has 0 radical (unpaired) electrons. The Kier molecular flexibility index (Phi) is 7.26. The summed E-state index contributed by atoms with van der Waals surface area (Å²) >= 11 is 0. The summed E-state index contributed by atoms with van der Waals surface area (Å²) in [7, 11) is 0. The minimum atomic E-state index is -0.135. The average Bonchev–Trinajstić information content (AvgIpc) is 3.70. The molecule has 0 fully saturated rings. The van der Waals surface area contributed by atoms with E-state index >= 15 is 0 Å². The van der Waals surface area contributed by atoms with Crippen molar-refractivity contribution < 1.29 is 0 Å². The van der Waals surface area contributed by atoms with Gasteiger partial charge in [-0.05, 0) is 91.7 Å². The van der Waals surface area contributed by atoms with Crippen molar-refractivity contribution in [3.8, 4) is 62.1 Å². The topological polar surface area (TPSA) is 43.6 Å². The van der Waals surface area contributed by atoms with Crippen molar-refractivity contribution in [3.05, 3.63) is 180 Å². The molecule has 2 aromatic heterocycles. The van der Waals surface area contributed by atoms with Crippen molar-refractivity contribution in [2.45, 2.75) is 57.8 Å². The molecule has 0 atom stereocenters. The summed E-state index contributed by atoms with van der Waals surface area (Å²) < 4.78 is 2.42. The van der Waals surface area contributed by atoms with E-state index in [1.165, 1.54) is 66.3 Å². The van der Waals surface area contributed by atoms with Crippen LogP contribution in [0, 0.1) is 0 Å². The van der Waals surface area contributed by atoms with Crippen molar-refractivity contribution >= 4 is 21.8 Å². The van der Waals surface area contributed by atoms with Gasteiger partial charge < -0.3 is 4.57 Å². The highest BCUT2D eigenvalue weighted by Crippen LogP contribution is 2.55. The van der Waals surface area contributed by atoms with Crippen molar-refractivity contribution in [1.82, 2.24) is 19.5 Å². The second-order valence-electron chi connectivity index (χ2n) is 17.7. The first-order valence-corrected chi connectivity index (χ1v) is 20.4. The zero-order valence-electron chi connectivity index (χ0n) is 33.8. The minimum Gasteiger partial charge on any atom is -0.309 e. The molecule has 58 heavy (non-hydrogen) atoms. The van der Waals surface area contributed by atoms with Crippen LogP contribution in [0.25, 0.3) is 83.9 Å². The fourth-order valence-corrected chi connectivity index (χ4v) is 9.95. The minimum absolute atomic E-state index is 0.0417. The number of nitrogens with zero attached hydrogens (tertiary/aromatic N) is 4. The number of benzene rings is 7. The van der Waals surface area contributed by atoms with Crippen molar-refractivity contribution in [2.75, 3.05) is 0 Å². The lowest BCUT2D eigenvalue weighted by molar-refractivity contribution is 0.299. The van der Waals surface area contributed by atoms with E-state index in [1.54, 1.807) is 0 Å². The van der Waals surface area contributed by atoms with Crippen LogP contribution in [-0.4, -0.2) is 19.5 Å². The quantitative estimate of drug-likeness (QED) is 0.180. The van der Waals surface area contributed by atoms with Gasteiger partial charge in [-0.1, -0.05) is 163 Å². The highest BCUT2D eigenvalue weighted by atomic mass is 15.0. The van der Waals surface area contributed by atoms with Gasteiger partial charge in [-0.2, -0.15) is 0 Å². The van der Waals surface area contributed by atoms with Gasteiger partial charge >= 0.3 is 0 Å². The van der Waals surface area contributed by atoms with Crippen LogP contribution in [0.2, 0.25) is 0 Å². The van der Waals surface area contributed by atoms with Gasteiger partial charge in [0.1, 0.15) is 0 Å². The van der Waals surface area contributed by atoms with E-state index in [2.05, 4.69) is 186 Å². The molecule has 4 heteroatoms. The largest absolute Gasteiger partial charge is 0.309 e. The summed E-state index contributed by atoms with van der Waals surface area (Å²) in [4.78, 5) is 15.5. The molecule has 0 spiro atoms. The van der Waals surface area contributed by atoms with E-state index in [1.807, 2.05) is 18.2 Å². The Labute approximate surface area is 339 Å². The number of hydrogen-bond donors (Lipinski definition) is 0. The molecule has 0 unspecified atom stereocenters. The van der Waals surface area contributed by atoms with Crippen LogP contribution in [0.5, 0.6) is 0 Å². The summed E-state index contributed by atoms with van der Waals surface area (Å²) in [5.74, 6) is 1.96. The van der Waals surface area contributed by atoms with E-state index in [0.717, 1.165) is 22.4 Å². The molecule has 0 saturated carbocycles. The molecule has 280 valence electrons. The maximum Gasteiger partial charge on any atom is 0.164 e. The molecule has 9 aromatic rings. The fourth-order valence-electron chi connectivity index (χ4n) is 9.95. The zero-order valence-corrected chi connectivity index (χ0v) is 33.8. The molecule has 2 aliphatic rings. The molecule has 0 saturated heterocycles. The molecule has 11 rings (SSSR count). The van der Waals surface area contributed by atoms with Crippen LogP contribution >= 0.6 is 0 Å². The van der Waals surface area contributed by atoms with Crippen molar-refractivity contribution in [2.24, 2.45) is 0 Å². The van der Waals surface area contributed by atoms with E-state index in [0.29, 0.717) is 17.5 Å². The Hall–Kier alpha value is -6.65. The Balaban J connectivity index is 1.10. The van der Waals surface area contributed by atoms with Crippen LogP contribution in [-0.2, 0) is 16.2 Å². The normalized spacial score (nSPS) is 15.5. The number of fused-ring (bicyclic) bond motifs is 9. The number of aromatic nitrogens is 4. The second-order valence-corrected chi connectivity index (χ2v) is 17.7. The average molecular weight is 749 g/mol. The van der Waals surface area contributed by atoms with E-state index in [4.69, 9.17) is 15.0 Å². The molecular weight excluding hydrogens is 705 g/mol. The van der Waals surface area contributed by atoms with Crippen LogP contribution in [0.1, 0.15) is 63.8 Å². The van der Waals surface area contributed by atoms with Crippen LogP contribution in [0.4, 0.5) is 0 Å². The van der Waals surface area contributed by atoms with Gasteiger partial charge in [-0.15, -0.1) is 0 Å². The van der Waals surface area contributed by atoms with Gasteiger partial charge in [-0.3, -0.25) is 0 Å².